The van der Waals surface area contributed by atoms with E-state index in [1.54, 1.807) is 0 Å². The lowest BCUT2D eigenvalue weighted by Crippen LogP contribution is -2.47. The van der Waals surface area contributed by atoms with E-state index in [2.05, 4.69) is 16.7 Å². The molecule has 6 nitrogen and oxygen atoms in total. The molecule has 6 heteroatoms. The van der Waals surface area contributed by atoms with E-state index in [1.807, 2.05) is 75.1 Å². The second kappa shape index (κ2) is 11.0. The number of ether oxygens (including phenoxy) is 1. The number of carbonyl (C=O) groups is 2. The van der Waals surface area contributed by atoms with Gasteiger partial charge in [-0.2, -0.15) is 0 Å². The first-order valence-corrected chi connectivity index (χ1v) is 11.6. The lowest BCUT2D eigenvalue weighted by molar-refractivity contribution is 0.0939. The summed E-state index contributed by atoms with van der Waals surface area (Å²) in [5.41, 5.74) is 2.77. The number of likely N-dealkylation sites (tertiary alicyclic amines) is 1. The monoisotopic (exact) mass is 437 g/mol. The Morgan fingerprint density at radius 1 is 1.09 bits per heavy atom. The molecule has 2 aromatic carbocycles. The molecular weight excluding hydrogens is 402 g/mol. The normalized spacial score (nSPS) is 17.0. The predicted molar refractivity (Wildman–Crippen MR) is 127 cm³/mol. The maximum absolute atomic E-state index is 12.9. The van der Waals surface area contributed by atoms with E-state index >= 15 is 0 Å². The van der Waals surface area contributed by atoms with Crippen molar-refractivity contribution >= 4 is 11.9 Å². The van der Waals surface area contributed by atoms with Crippen LogP contribution in [0, 0.1) is 0 Å². The summed E-state index contributed by atoms with van der Waals surface area (Å²) < 4.78 is 5.49. The van der Waals surface area contributed by atoms with Gasteiger partial charge in [-0.1, -0.05) is 24.3 Å². The van der Waals surface area contributed by atoms with Crippen molar-refractivity contribution in [3.8, 4) is 5.75 Å². The maximum atomic E-state index is 12.9. The fourth-order valence-corrected chi connectivity index (χ4v) is 4.09. The number of piperidine rings is 1. The third-order valence-electron chi connectivity index (χ3n) is 5.78. The van der Waals surface area contributed by atoms with Gasteiger partial charge >= 0.3 is 6.03 Å². The Labute approximate surface area is 191 Å². The molecular formula is C26H35N3O3. The minimum absolute atomic E-state index is 0.0113. The van der Waals surface area contributed by atoms with Crippen molar-refractivity contribution < 1.29 is 14.3 Å². The van der Waals surface area contributed by atoms with E-state index in [0.29, 0.717) is 18.7 Å². The van der Waals surface area contributed by atoms with Gasteiger partial charge in [0, 0.05) is 30.6 Å². The second-order valence-electron chi connectivity index (χ2n) is 8.71. The predicted octanol–water partition coefficient (Wildman–Crippen LogP) is 4.87. The Balaban J connectivity index is 1.64. The van der Waals surface area contributed by atoms with Gasteiger partial charge in [-0.3, -0.25) is 4.79 Å². The molecule has 0 aromatic heterocycles. The first kappa shape index (κ1) is 23.6. The molecule has 0 spiro atoms. The topological polar surface area (TPSA) is 70.7 Å². The summed E-state index contributed by atoms with van der Waals surface area (Å²) in [7, 11) is 0. The van der Waals surface area contributed by atoms with Crippen molar-refractivity contribution in [1.82, 2.24) is 15.5 Å². The summed E-state index contributed by atoms with van der Waals surface area (Å²) in [6.45, 7) is 9.94. The zero-order chi connectivity index (χ0) is 23.1. The molecule has 0 bridgehead atoms. The second-order valence-corrected chi connectivity index (χ2v) is 8.71. The van der Waals surface area contributed by atoms with Gasteiger partial charge < -0.3 is 20.3 Å². The highest BCUT2D eigenvalue weighted by molar-refractivity contribution is 5.94. The summed E-state index contributed by atoms with van der Waals surface area (Å²) in [5.74, 6) is 0.961. The van der Waals surface area contributed by atoms with E-state index in [4.69, 9.17) is 4.74 Å². The molecule has 2 N–H and O–H groups in total. The van der Waals surface area contributed by atoms with Crippen LogP contribution in [-0.2, 0) is 0 Å². The van der Waals surface area contributed by atoms with Gasteiger partial charge in [0.15, 0.2) is 0 Å². The molecule has 0 saturated carbocycles. The lowest BCUT2D eigenvalue weighted by atomic mass is 9.89. The molecule has 0 aliphatic carbocycles. The van der Waals surface area contributed by atoms with Gasteiger partial charge in [0.05, 0.1) is 12.6 Å². The number of benzene rings is 2. The lowest BCUT2D eigenvalue weighted by Gasteiger charge is -2.33. The van der Waals surface area contributed by atoms with Crippen LogP contribution >= 0.6 is 0 Å². The highest BCUT2D eigenvalue weighted by Gasteiger charge is 2.25. The highest BCUT2D eigenvalue weighted by atomic mass is 16.5. The van der Waals surface area contributed by atoms with Crippen LogP contribution in [0.25, 0.3) is 0 Å². The number of nitrogens with zero attached hydrogens (tertiary/aromatic N) is 1. The summed E-state index contributed by atoms with van der Waals surface area (Å²) in [5, 5.41) is 6.07. The van der Waals surface area contributed by atoms with E-state index in [-0.39, 0.29) is 29.9 Å². The van der Waals surface area contributed by atoms with Gasteiger partial charge in [-0.15, -0.1) is 0 Å². The van der Waals surface area contributed by atoms with Crippen LogP contribution in [-0.4, -0.2) is 42.6 Å². The highest BCUT2D eigenvalue weighted by Crippen LogP contribution is 2.28. The number of hydrogen-bond donors (Lipinski definition) is 2. The molecule has 1 saturated heterocycles. The van der Waals surface area contributed by atoms with Crippen molar-refractivity contribution in [2.24, 2.45) is 0 Å². The number of nitrogens with one attached hydrogen (secondary N) is 2. The fourth-order valence-electron chi connectivity index (χ4n) is 4.09. The Kier molecular flexibility index (Phi) is 8.14. The third kappa shape index (κ3) is 6.25. The first-order valence-electron chi connectivity index (χ1n) is 11.6. The van der Waals surface area contributed by atoms with Crippen molar-refractivity contribution in [3.63, 3.8) is 0 Å². The van der Waals surface area contributed by atoms with Crippen molar-refractivity contribution in [2.75, 3.05) is 19.7 Å². The fraction of sp³-hybridized carbons (Fsp3) is 0.462. The number of urea groups is 1. The zero-order valence-corrected chi connectivity index (χ0v) is 19.6. The Morgan fingerprint density at radius 2 is 1.84 bits per heavy atom. The molecule has 2 atom stereocenters. The molecule has 1 fully saturated rings. The summed E-state index contributed by atoms with van der Waals surface area (Å²) >= 11 is 0. The maximum Gasteiger partial charge on any atom is 0.317 e. The van der Waals surface area contributed by atoms with E-state index in [9.17, 15) is 9.59 Å². The van der Waals surface area contributed by atoms with Crippen molar-refractivity contribution in [3.05, 3.63) is 65.2 Å². The largest absolute Gasteiger partial charge is 0.494 e. The number of hydrogen-bond acceptors (Lipinski definition) is 3. The third-order valence-corrected chi connectivity index (χ3v) is 5.78. The first-order chi connectivity index (χ1) is 15.4. The Morgan fingerprint density at radius 3 is 2.53 bits per heavy atom. The number of rotatable bonds is 7. The number of carbonyl (C=O) groups excluding carboxylic acids is 2. The molecule has 3 rings (SSSR count). The molecule has 3 amide bonds. The summed E-state index contributed by atoms with van der Waals surface area (Å²) in [4.78, 5) is 27.2. The molecule has 2 aromatic rings. The number of amides is 3. The quantitative estimate of drug-likeness (QED) is 0.649. The Bertz CT molecular complexity index is 911. The van der Waals surface area contributed by atoms with Crippen LogP contribution in [0.1, 0.15) is 74.0 Å². The molecule has 2 unspecified atom stereocenters. The average molecular weight is 438 g/mol. The van der Waals surface area contributed by atoms with E-state index < -0.39 is 0 Å². The summed E-state index contributed by atoms with van der Waals surface area (Å²) in [6.07, 6.45) is 1.97. The van der Waals surface area contributed by atoms with Gasteiger partial charge in [0.2, 0.25) is 0 Å². The van der Waals surface area contributed by atoms with Crippen molar-refractivity contribution in [2.45, 2.75) is 58.5 Å². The smallest absolute Gasteiger partial charge is 0.317 e. The van der Waals surface area contributed by atoms with E-state index in [1.165, 1.54) is 0 Å². The van der Waals surface area contributed by atoms with Crippen LogP contribution < -0.4 is 15.4 Å². The molecule has 1 aliphatic rings. The van der Waals surface area contributed by atoms with Crippen LogP contribution in [0.2, 0.25) is 0 Å². The minimum Gasteiger partial charge on any atom is -0.494 e. The van der Waals surface area contributed by atoms with Crippen molar-refractivity contribution in [1.29, 1.82) is 0 Å². The zero-order valence-electron chi connectivity index (χ0n) is 19.6. The SMILES string of the molecule is CCOc1ccc(C(C)NC(=O)c2cccc(C3CCCN(C(=O)NC(C)C)C3)c2)cc1. The molecule has 1 heterocycles. The Hall–Kier alpha value is -3.02. The standard InChI is InChI=1S/C26H35N3O3/c1-5-32-24-13-11-20(12-14-24)19(4)28-25(30)22-9-6-8-21(16-22)23-10-7-15-29(17-23)26(31)27-18(2)3/h6,8-9,11-14,16,18-19,23H,5,7,10,15,17H2,1-4H3,(H,27,31)(H,28,30). The molecule has 0 radical (unpaired) electrons. The van der Waals surface area contributed by atoms with Gasteiger partial charge in [0.25, 0.3) is 5.91 Å². The summed E-state index contributed by atoms with van der Waals surface area (Å²) in [6, 6.07) is 15.6. The van der Waals surface area contributed by atoms with Gasteiger partial charge in [-0.25, -0.2) is 4.79 Å². The van der Waals surface area contributed by atoms with Crippen LogP contribution in [0.15, 0.2) is 48.5 Å². The van der Waals surface area contributed by atoms with Gasteiger partial charge in [-0.05, 0) is 75.9 Å². The van der Waals surface area contributed by atoms with Crippen LogP contribution in [0.5, 0.6) is 5.75 Å². The minimum atomic E-state index is -0.119. The van der Waals surface area contributed by atoms with Crippen LogP contribution in [0.3, 0.4) is 0 Å². The molecule has 172 valence electrons. The van der Waals surface area contributed by atoms with E-state index in [0.717, 1.165) is 36.3 Å². The average Bonchev–Trinajstić information content (AvgIpc) is 2.79. The van der Waals surface area contributed by atoms with Gasteiger partial charge in [0.1, 0.15) is 5.75 Å². The van der Waals surface area contributed by atoms with Crippen LogP contribution in [0.4, 0.5) is 4.79 Å². The molecule has 32 heavy (non-hydrogen) atoms. The molecule has 1 aliphatic heterocycles.